The smallest absolute Gasteiger partial charge is 0.247 e. The standard InChI is InChI=1S/C12H15N3O4S/c1-7-3-4-8(13)5-10(7)20(18,19)14-9-6-11(16)15(2)12(9)17/h3-5,9,14H,6,13H2,1-2H3. The van der Waals surface area contributed by atoms with Crippen LogP contribution in [0.15, 0.2) is 23.1 Å². The van der Waals surface area contributed by atoms with Crippen LogP contribution in [0.3, 0.4) is 0 Å². The first-order valence-corrected chi connectivity index (χ1v) is 7.39. The zero-order valence-corrected chi connectivity index (χ0v) is 11.9. The van der Waals surface area contributed by atoms with E-state index in [9.17, 15) is 18.0 Å². The van der Waals surface area contributed by atoms with Crippen molar-refractivity contribution in [1.29, 1.82) is 0 Å². The van der Waals surface area contributed by atoms with Crippen LogP contribution in [0.5, 0.6) is 0 Å². The number of carbonyl (C=O) groups is 2. The second-order valence-electron chi connectivity index (χ2n) is 4.69. The number of nitrogens with one attached hydrogen (secondary N) is 1. The van der Waals surface area contributed by atoms with Gasteiger partial charge in [-0.25, -0.2) is 8.42 Å². The summed E-state index contributed by atoms with van der Waals surface area (Å²) in [6.45, 7) is 1.63. The number of nitrogen functional groups attached to an aromatic ring is 1. The Labute approximate surface area is 116 Å². The molecule has 1 aromatic carbocycles. The lowest BCUT2D eigenvalue weighted by Gasteiger charge is -2.13. The van der Waals surface area contributed by atoms with E-state index in [2.05, 4.69) is 4.72 Å². The molecule has 1 heterocycles. The Morgan fingerprint density at radius 1 is 1.35 bits per heavy atom. The topological polar surface area (TPSA) is 110 Å². The maximum Gasteiger partial charge on any atom is 0.247 e. The molecule has 3 N–H and O–H groups in total. The number of amides is 2. The Hall–Kier alpha value is -1.93. The van der Waals surface area contributed by atoms with E-state index in [1.54, 1.807) is 19.1 Å². The first-order chi connectivity index (χ1) is 9.22. The third kappa shape index (κ3) is 2.52. The number of rotatable bonds is 3. The highest BCUT2D eigenvalue weighted by Gasteiger charge is 2.38. The van der Waals surface area contributed by atoms with E-state index >= 15 is 0 Å². The molecule has 1 saturated heterocycles. The van der Waals surface area contributed by atoms with Gasteiger partial charge in [-0.15, -0.1) is 0 Å². The lowest BCUT2D eigenvalue weighted by molar-refractivity contribution is -0.137. The van der Waals surface area contributed by atoms with Crippen LogP contribution in [-0.2, 0) is 19.6 Å². The zero-order chi connectivity index (χ0) is 15.1. The zero-order valence-electron chi connectivity index (χ0n) is 11.1. The van der Waals surface area contributed by atoms with Crippen molar-refractivity contribution >= 4 is 27.5 Å². The van der Waals surface area contributed by atoms with Gasteiger partial charge in [0.1, 0.15) is 6.04 Å². The number of nitrogens with zero attached hydrogens (tertiary/aromatic N) is 1. The molecule has 1 aliphatic rings. The number of nitrogens with two attached hydrogens (primary N) is 1. The van der Waals surface area contributed by atoms with Crippen molar-refractivity contribution in [2.45, 2.75) is 24.3 Å². The number of anilines is 1. The highest BCUT2D eigenvalue weighted by Crippen LogP contribution is 2.20. The molecular weight excluding hydrogens is 282 g/mol. The van der Waals surface area contributed by atoms with Gasteiger partial charge in [0.2, 0.25) is 21.8 Å². The van der Waals surface area contributed by atoms with Gasteiger partial charge in [-0.05, 0) is 24.6 Å². The van der Waals surface area contributed by atoms with Crippen LogP contribution in [0.4, 0.5) is 5.69 Å². The van der Waals surface area contributed by atoms with Crippen molar-refractivity contribution in [3.63, 3.8) is 0 Å². The van der Waals surface area contributed by atoms with E-state index in [4.69, 9.17) is 5.73 Å². The Morgan fingerprint density at radius 2 is 2.00 bits per heavy atom. The lowest BCUT2D eigenvalue weighted by Crippen LogP contribution is -2.40. The number of hydrogen-bond acceptors (Lipinski definition) is 5. The average Bonchev–Trinajstić information content (AvgIpc) is 2.59. The van der Waals surface area contributed by atoms with Crippen LogP contribution >= 0.6 is 0 Å². The fourth-order valence-electron chi connectivity index (χ4n) is 2.00. The van der Waals surface area contributed by atoms with Crippen LogP contribution in [0, 0.1) is 6.92 Å². The van der Waals surface area contributed by atoms with E-state index in [-0.39, 0.29) is 11.3 Å². The molecule has 0 saturated carbocycles. The fraction of sp³-hybridized carbons (Fsp3) is 0.333. The molecule has 7 nitrogen and oxygen atoms in total. The summed E-state index contributed by atoms with van der Waals surface area (Å²) in [5.41, 5.74) is 6.40. The predicted molar refractivity (Wildman–Crippen MR) is 72.1 cm³/mol. The van der Waals surface area contributed by atoms with Gasteiger partial charge < -0.3 is 5.73 Å². The molecule has 1 aliphatic heterocycles. The highest BCUT2D eigenvalue weighted by molar-refractivity contribution is 7.89. The Kier molecular flexibility index (Phi) is 3.53. The van der Waals surface area contributed by atoms with Crippen molar-refractivity contribution in [1.82, 2.24) is 9.62 Å². The molecule has 8 heteroatoms. The number of likely N-dealkylation sites (N-methyl/N-ethyl adjacent to an activating group) is 1. The molecular formula is C12H15N3O4S. The van der Waals surface area contributed by atoms with Crippen LogP contribution in [-0.4, -0.2) is 38.2 Å². The molecule has 1 atom stereocenters. The van der Waals surface area contributed by atoms with Gasteiger partial charge in [0, 0.05) is 12.7 Å². The molecule has 0 aromatic heterocycles. The van der Waals surface area contributed by atoms with E-state index in [0.29, 0.717) is 11.3 Å². The maximum atomic E-state index is 12.3. The maximum absolute atomic E-state index is 12.3. The lowest BCUT2D eigenvalue weighted by atomic mass is 10.2. The largest absolute Gasteiger partial charge is 0.399 e. The first-order valence-electron chi connectivity index (χ1n) is 5.91. The first kappa shape index (κ1) is 14.5. The fourth-order valence-corrected chi connectivity index (χ4v) is 3.47. The van der Waals surface area contributed by atoms with Crippen LogP contribution in [0.25, 0.3) is 0 Å². The minimum absolute atomic E-state index is 0.00676. The van der Waals surface area contributed by atoms with Crippen molar-refractivity contribution in [3.8, 4) is 0 Å². The van der Waals surface area contributed by atoms with E-state index in [0.717, 1.165) is 4.90 Å². The Bertz CT molecular complexity index is 684. The summed E-state index contributed by atoms with van der Waals surface area (Å²) in [5.74, 6) is -0.966. The number of benzene rings is 1. The molecule has 2 rings (SSSR count). The van der Waals surface area contributed by atoms with Gasteiger partial charge in [0.05, 0.1) is 11.3 Å². The van der Waals surface area contributed by atoms with Gasteiger partial charge in [-0.3, -0.25) is 14.5 Å². The number of aryl methyl sites for hydroxylation is 1. The number of hydrogen-bond donors (Lipinski definition) is 2. The number of likely N-dealkylation sites (tertiary alicyclic amines) is 1. The molecule has 1 aromatic rings. The van der Waals surface area contributed by atoms with Gasteiger partial charge in [0.15, 0.2) is 0 Å². The monoisotopic (exact) mass is 297 g/mol. The van der Waals surface area contributed by atoms with Crippen molar-refractivity contribution in [3.05, 3.63) is 23.8 Å². The van der Waals surface area contributed by atoms with Crippen molar-refractivity contribution in [2.75, 3.05) is 12.8 Å². The quantitative estimate of drug-likeness (QED) is 0.583. The molecule has 2 amide bonds. The number of imide groups is 1. The minimum Gasteiger partial charge on any atom is -0.399 e. The van der Waals surface area contributed by atoms with Crippen molar-refractivity contribution < 1.29 is 18.0 Å². The van der Waals surface area contributed by atoms with Gasteiger partial charge in [-0.2, -0.15) is 4.72 Å². The normalized spacial score (nSPS) is 19.7. The molecule has 1 fully saturated rings. The van der Waals surface area contributed by atoms with E-state index < -0.39 is 27.9 Å². The molecule has 108 valence electrons. The molecule has 0 spiro atoms. The summed E-state index contributed by atoms with van der Waals surface area (Å²) in [4.78, 5) is 24.0. The number of carbonyl (C=O) groups excluding carboxylic acids is 2. The summed E-state index contributed by atoms with van der Waals surface area (Å²) in [7, 11) is -2.58. The summed E-state index contributed by atoms with van der Waals surface area (Å²) in [6, 6.07) is 3.44. The SMILES string of the molecule is Cc1ccc(N)cc1S(=O)(=O)NC1CC(=O)N(C)C1=O. The highest BCUT2D eigenvalue weighted by atomic mass is 32.2. The van der Waals surface area contributed by atoms with Crippen LogP contribution in [0.1, 0.15) is 12.0 Å². The number of sulfonamides is 1. The average molecular weight is 297 g/mol. The minimum atomic E-state index is -3.91. The van der Waals surface area contributed by atoms with E-state index in [1.165, 1.54) is 13.1 Å². The Morgan fingerprint density at radius 3 is 2.55 bits per heavy atom. The van der Waals surface area contributed by atoms with Gasteiger partial charge >= 0.3 is 0 Å². The van der Waals surface area contributed by atoms with Gasteiger partial charge in [0.25, 0.3) is 0 Å². The summed E-state index contributed by atoms with van der Waals surface area (Å²) in [5, 5.41) is 0. The second-order valence-corrected chi connectivity index (χ2v) is 6.38. The van der Waals surface area contributed by atoms with Crippen LogP contribution < -0.4 is 10.5 Å². The summed E-state index contributed by atoms with van der Waals surface area (Å²) < 4.78 is 26.8. The third-order valence-corrected chi connectivity index (χ3v) is 4.79. The Balaban J connectivity index is 2.31. The molecule has 1 unspecified atom stereocenters. The van der Waals surface area contributed by atoms with Crippen molar-refractivity contribution in [2.24, 2.45) is 0 Å². The summed E-state index contributed by atoms with van der Waals surface area (Å²) >= 11 is 0. The molecule has 20 heavy (non-hydrogen) atoms. The predicted octanol–water partition coefficient (Wildman–Crippen LogP) is -0.387. The van der Waals surface area contributed by atoms with Gasteiger partial charge in [-0.1, -0.05) is 6.07 Å². The van der Waals surface area contributed by atoms with E-state index in [1.807, 2.05) is 0 Å². The molecule has 0 radical (unpaired) electrons. The van der Waals surface area contributed by atoms with Crippen LogP contribution in [0.2, 0.25) is 0 Å². The summed E-state index contributed by atoms with van der Waals surface area (Å²) in [6.07, 6.45) is -0.171. The second kappa shape index (κ2) is 4.88. The molecule has 0 bridgehead atoms. The third-order valence-electron chi connectivity index (χ3n) is 3.18. The molecule has 0 aliphatic carbocycles.